The van der Waals surface area contributed by atoms with Crippen LogP contribution in [0.25, 0.3) is 15.3 Å². The summed E-state index contributed by atoms with van der Waals surface area (Å²) in [7, 11) is 4.87. The quantitative estimate of drug-likeness (QED) is 0.488. The maximum atomic E-state index is 12.7. The second-order valence-corrected chi connectivity index (χ2v) is 8.51. The van der Waals surface area contributed by atoms with Crippen LogP contribution in [-0.4, -0.2) is 42.0 Å². The lowest BCUT2D eigenvalue weighted by Crippen LogP contribution is -2.25. The number of aromatic nitrogens is 3. The van der Waals surface area contributed by atoms with E-state index in [1.807, 2.05) is 43.3 Å². The van der Waals surface area contributed by atoms with Crippen molar-refractivity contribution < 1.29 is 19.0 Å². The number of fused-ring (bicyclic) bond motifs is 2. The van der Waals surface area contributed by atoms with Gasteiger partial charge in [0.1, 0.15) is 23.1 Å². The van der Waals surface area contributed by atoms with E-state index in [0.717, 1.165) is 32.8 Å². The van der Waals surface area contributed by atoms with Crippen LogP contribution in [0.4, 0.5) is 5.82 Å². The van der Waals surface area contributed by atoms with Gasteiger partial charge in [0.15, 0.2) is 0 Å². The zero-order valence-corrected chi connectivity index (χ0v) is 18.9. The molecule has 32 heavy (non-hydrogen) atoms. The Balaban J connectivity index is 1.65. The number of carbonyl (C=O) groups is 1. The molecule has 2 aromatic heterocycles. The van der Waals surface area contributed by atoms with Crippen LogP contribution in [0.15, 0.2) is 36.4 Å². The van der Waals surface area contributed by atoms with E-state index in [9.17, 15) is 4.79 Å². The Bertz CT molecular complexity index is 1340. The van der Waals surface area contributed by atoms with Gasteiger partial charge in [-0.25, -0.2) is 4.98 Å². The average Bonchev–Trinajstić information content (AvgIpc) is 3.38. The van der Waals surface area contributed by atoms with Crippen molar-refractivity contribution in [2.24, 2.45) is 0 Å². The lowest BCUT2D eigenvalue weighted by atomic mass is 9.85. The fraction of sp³-hybridized carbons (Fsp3) is 0.261. The van der Waals surface area contributed by atoms with Crippen molar-refractivity contribution in [3.05, 3.63) is 53.2 Å². The minimum Gasteiger partial charge on any atom is -0.497 e. The molecule has 1 aliphatic heterocycles. The van der Waals surface area contributed by atoms with E-state index < -0.39 is 0 Å². The van der Waals surface area contributed by atoms with E-state index in [1.165, 1.54) is 11.3 Å². The number of hydrogen-bond donors (Lipinski definition) is 1. The fourth-order valence-electron chi connectivity index (χ4n) is 4.17. The van der Waals surface area contributed by atoms with Crippen LogP contribution >= 0.6 is 11.3 Å². The zero-order valence-electron chi connectivity index (χ0n) is 18.1. The first kappa shape index (κ1) is 20.3. The van der Waals surface area contributed by atoms with Gasteiger partial charge in [0, 0.05) is 29.5 Å². The zero-order chi connectivity index (χ0) is 22.4. The molecule has 5 rings (SSSR count). The second kappa shape index (κ2) is 7.83. The molecule has 8 nitrogen and oxygen atoms in total. The van der Waals surface area contributed by atoms with Crippen molar-refractivity contribution in [1.82, 2.24) is 14.8 Å². The number of ether oxygens (including phenoxy) is 3. The summed E-state index contributed by atoms with van der Waals surface area (Å²) in [6.07, 6.45) is 0.305. The summed E-state index contributed by atoms with van der Waals surface area (Å²) in [5.41, 5.74) is 3.56. The highest BCUT2D eigenvalue weighted by molar-refractivity contribution is 7.20. The van der Waals surface area contributed by atoms with Crippen LogP contribution in [-0.2, 0) is 4.79 Å². The van der Waals surface area contributed by atoms with Gasteiger partial charge in [-0.3, -0.25) is 4.79 Å². The van der Waals surface area contributed by atoms with Gasteiger partial charge in [0.25, 0.3) is 0 Å². The maximum absolute atomic E-state index is 12.7. The number of nitrogens with one attached hydrogen (secondary N) is 1. The molecule has 164 valence electrons. The molecular weight excluding hydrogens is 428 g/mol. The number of anilines is 1. The smallest absolute Gasteiger partial charge is 0.226 e. The summed E-state index contributed by atoms with van der Waals surface area (Å²) < 4.78 is 19.0. The Morgan fingerprint density at radius 1 is 1.06 bits per heavy atom. The largest absolute Gasteiger partial charge is 0.497 e. The molecule has 0 radical (unpaired) electrons. The van der Waals surface area contributed by atoms with Crippen molar-refractivity contribution in [2.45, 2.75) is 19.3 Å². The first-order valence-corrected chi connectivity index (χ1v) is 10.9. The summed E-state index contributed by atoms with van der Waals surface area (Å²) in [6, 6.07) is 11.4. The SMILES string of the molecule is COc1ccc([C@@H]2CC(=O)Nc3c2c(C)nn3-c2nc3ccc(OC)cc3s2)c(OC)c1. The lowest BCUT2D eigenvalue weighted by molar-refractivity contribution is -0.116. The normalized spacial score (nSPS) is 15.4. The van der Waals surface area contributed by atoms with E-state index in [-0.39, 0.29) is 11.8 Å². The van der Waals surface area contributed by atoms with E-state index in [4.69, 9.17) is 24.3 Å². The Hall–Kier alpha value is -3.59. The molecule has 0 saturated heterocycles. The first-order valence-electron chi connectivity index (χ1n) is 10.1. The third-order valence-corrected chi connectivity index (χ3v) is 6.68. The Kier molecular flexibility index (Phi) is 4.97. The number of nitrogens with zero attached hydrogens (tertiary/aromatic N) is 3. The number of methoxy groups -OCH3 is 3. The number of thiazole rings is 1. The van der Waals surface area contributed by atoms with E-state index in [1.54, 1.807) is 26.0 Å². The molecule has 1 aliphatic rings. The highest BCUT2D eigenvalue weighted by Crippen LogP contribution is 2.44. The first-order chi connectivity index (χ1) is 15.5. The predicted molar refractivity (Wildman–Crippen MR) is 123 cm³/mol. The van der Waals surface area contributed by atoms with Crippen LogP contribution in [0.2, 0.25) is 0 Å². The van der Waals surface area contributed by atoms with Crippen LogP contribution in [0.3, 0.4) is 0 Å². The fourth-order valence-corrected chi connectivity index (χ4v) is 5.12. The topological polar surface area (TPSA) is 87.5 Å². The van der Waals surface area contributed by atoms with Gasteiger partial charge < -0.3 is 19.5 Å². The Morgan fingerprint density at radius 2 is 1.81 bits per heavy atom. The molecule has 0 unspecified atom stereocenters. The van der Waals surface area contributed by atoms with Crippen molar-refractivity contribution >= 4 is 33.3 Å². The molecule has 9 heteroatoms. The highest BCUT2D eigenvalue weighted by Gasteiger charge is 2.34. The maximum Gasteiger partial charge on any atom is 0.226 e. The van der Waals surface area contributed by atoms with Crippen molar-refractivity contribution in [3.8, 4) is 22.4 Å². The van der Waals surface area contributed by atoms with E-state index >= 15 is 0 Å². The summed E-state index contributed by atoms with van der Waals surface area (Å²) in [5, 5.41) is 8.45. The van der Waals surface area contributed by atoms with Crippen LogP contribution < -0.4 is 19.5 Å². The van der Waals surface area contributed by atoms with Gasteiger partial charge in [0.2, 0.25) is 11.0 Å². The number of carbonyl (C=O) groups excluding carboxylic acids is 1. The lowest BCUT2D eigenvalue weighted by Gasteiger charge is -2.25. The predicted octanol–water partition coefficient (Wildman–Crippen LogP) is 4.29. The van der Waals surface area contributed by atoms with Gasteiger partial charge in [0.05, 0.1) is 37.2 Å². The number of hydrogen-bond acceptors (Lipinski definition) is 7. The number of benzene rings is 2. The molecular formula is C23H22N4O4S. The van der Waals surface area contributed by atoms with Crippen molar-refractivity contribution in [1.29, 1.82) is 0 Å². The molecule has 3 heterocycles. The monoisotopic (exact) mass is 450 g/mol. The molecule has 0 aliphatic carbocycles. The minimum absolute atomic E-state index is 0.0794. The van der Waals surface area contributed by atoms with E-state index in [2.05, 4.69) is 5.32 Å². The van der Waals surface area contributed by atoms with Gasteiger partial charge >= 0.3 is 0 Å². The summed E-state index contributed by atoms with van der Waals surface area (Å²) in [4.78, 5) is 17.5. The molecule has 0 fully saturated rings. The summed E-state index contributed by atoms with van der Waals surface area (Å²) in [5.74, 6) is 2.52. The summed E-state index contributed by atoms with van der Waals surface area (Å²) in [6.45, 7) is 1.95. The minimum atomic E-state index is -0.192. The van der Waals surface area contributed by atoms with Crippen molar-refractivity contribution in [2.75, 3.05) is 26.6 Å². The van der Waals surface area contributed by atoms with Crippen molar-refractivity contribution in [3.63, 3.8) is 0 Å². The number of aryl methyl sites for hydroxylation is 1. The third kappa shape index (κ3) is 3.25. The standard InChI is InChI=1S/C23H22N4O4S/c1-12-21-16(15-7-5-13(29-2)9-18(15)31-4)11-20(28)25-22(21)27(26-12)23-24-17-8-6-14(30-3)10-19(17)32-23/h5-10,16H,11H2,1-4H3,(H,25,28)/t16-/m0/s1. The molecule has 1 amide bonds. The molecule has 4 aromatic rings. The second-order valence-electron chi connectivity index (χ2n) is 7.50. The van der Waals surface area contributed by atoms with Gasteiger partial charge in [-0.05, 0) is 31.2 Å². The average molecular weight is 451 g/mol. The van der Waals surface area contributed by atoms with E-state index in [0.29, 0.717) is 28.9 Å². The molecule has 0 saturated carbocycles. The van der Waals surface area contributed by atoms with Crippen LogP contribution in [0.5, 0.6) is 17.2 Å². The third-order valence-electron chi connectivity index (χ3n) is 5.68. The van der Waals surface area contributed by atoms with Crippen LogP contribution in [0.1, 0.15) is 29.2 Å². The molecule has 1 atom stereocenters. The summed E-state index contributed by atoms with van der Waals surface area (Å²) >= 11 is 1.49. The Labute approximate surface area is 188 Å². The number of rotatable bonds is 5. The molecule has 0 spiro atoms. The molecule has 2 aromatic carbocycles. The van der Waals surface area contributed by atoms with Gasteiger partial charge in [-0.2, -0.15) is 9.78 Å². The van der Waals surface area contributed by atoms with Gasteiger partial charge in [-0.15, -0.1) is 0 Å². The van der Waals surface area contributed by atoms with Gasteiger partial charge in [-0.1, -0.05) is 17.4 Å². The number of amides is 1. The van der Waals surface area contributed by atoms with Crippen LogP contribution in [0, 0.1) is 6.92 Å². The highest BCUT2D eigenvalue weighted by atomic mass is 32.1. The molecule has 0 bridgehead atoms. The Morgan fingerprint density at radius 3 is 2.56 bits per heavy atom. The molecule has 1 N–H and O–H groups in total.